The van der Waals surface area contributed by atoms with Gasteiger partial charge in [0.05, 0.1) is 11.0 Å². The molecule has 3 nitrogen and oxygen atoms in total. The first-order valence-corrected chi connectivity index (χ1v) is 8.27. The number of aromatic nitrogens is 3. The Morgan fingerprint density at radius 1 is 1.00 bits per heavy atom. The Morgan fingerprint density at radius 2 is 1.50 bits per heavy atom. The fourth-order valence-electron chi connectivity index (χ4n) is 3.56. The van der Waals surface area contributed by atoms with Gasteiger partial charge in [-0.05, 0) is 30.9 Å². The van der Waals surface area contributed by atoms with Gasteiger partial charge in [-0.3, -0.25) is 9.97 Å². The van der Waals surface area contributed by atoms with Crippen LogP contribution in [0.15, 0.2) is 36.9 Å². The van der Waals surface area contributed by atoms with Gasteiger partial charge < -0.3 is 4.57 Å². The third-order valence-corrected chi connectivity index (χ3v) is 5.34. The van der Waals surface area contributed by atoms with E-state index in [1.165, 1.54) is 41.1 Å². The van der Waals surface area contributed by atoms with Crippen LogP contribution in [0.4, 0.5) is 0 Å². The van der Waals surface area contributed by atoms with Crippen LogP contribution in [0.1, 0.15) is 53.0 Å². The van der Waals surface area contributed by atoms with Crippen molar-refractivity contribution in [3.8, 4) is 0 Å². The first-order valence-electron chi connectivity index (χ1n) is 8.27. The van der Waals surface area contributed by atoms with Gasteiger partial charge in [-0.15, -0.1) is 0 Å². The largest absolute Gasteiger partial charge is 0.337 e. The molecule has 0 radical (unpaired) electrons. The van der Waals surface area contributed by atoms with Crippen LogP contribution in [0.3, 0.4) is 0 Å². The highest BCUT2D eigenvalue weighted by Gasteiger charge is 2.25. The Labute approximate surface area is 132 Å². The predicted molar refractivity (Wildman–Crippen MR) is 93.1 cm³/mol. The molecule has 0 aliphatic carbocycles. The van der Waals surface area contributed by atoms with E-state index in [2.05, 4.69) is 54.4 Å². The smallest absolute Gasteiger partial charge is 0.0525 e. The minimum absolute atomic E-state index is 0.391. The zero-order chi connectivity index (χ0) is 15.7. The summed E-state index contributed by atoms with van der Waals surface area (Å²) in [6, 6.07) is 4.71. The van der Waals surface area contributed by atoms with E-state index in [0.29, 0.717) is 11.5 Å². The van der Waals surface area contributed by atoms with Gasteiger partial charge in [-0.25, -0.2) is 0 Å². The number of nitrogens with zero attached hydrogens (tertiary/aromatic N) is 3. The molecular weight excluding hydrogens is 270 g/mol. The fraction of sp³-hybridized carbons (Fsp3) is 0.474. The van der Waals surface area contributed by atoms with E-state index >= 15 is 0 Å². The monoisotopic (exact) mass is 295 g/mol. The number of rotatable bonds is 5. The molecule has 3 heterocycles. The summed E-state index contributed by atoms with van der Waals surface area (Å²) in [6.45, 7) is 9.34. The molecule has 0 aliphatic heterocycles. The quantitative estimate of drug-likeness (QED) is 0.634. The van der Waals surface area contributed by atoms with E-state index < -0.39 is 0 Å². The Bertz CT molecular complexity index is 730. The molecule has 0 aliphatic rings. The Kier molecular flexibility index (Phi) is 3.90. The van der Waals surface area contributed by atoms with Crippen LogP contribution in [0.5, 0.6) is 0 Å². The maximum atomic E-state index is 4.30. The van der Waals surface area contributed by atoms with Crippen LogP contribution in [0, 0.1) is 5.41 Å². The standard InChI is InChI=1S/C19H25N3/c1-5-19(4,6-2)11-14(3)22-17-7-9-20-12-15(17)16-13-21-10-8-18(16)22/h7-10,12-14H,5-6,11H2,1-4H3. The minimum Gasteiger partial charge on any atom is -0.337 e. The predicted octanol–water partition coefficient (Wildman–Crippen LogP) is 5.36. The lowest BCUT2D eigenvalue weighted by Gasteiger charge is -2.31. The van der Waals surface area contributed by atoms with E-state index in [4.69, 9.17) is 0 Å². The van der Waals surface area contributed by atoms with Crippen molar-refractivity contribution >= 4 is 21.8 Å². The molecule has 1 unspecified atom stereocenters. The summed E-state index contributed by atoms with van der Waals surface area (Å²) in [4.78, 5) is 8.60. The SMILES string of the molecule is CCC(C)(CC)CC(C)n1c2ccncc2c2cnccc21. The van der Waals surface area contributed by atoms with E-state index in [1.807, 2.05) is 24.8 Å². The summed E-state index contributed by atoms with van der Waals surface area (Å²) >= 11 is 0. The van der Waals surface area contributed by atoms with E-state index in [1.54, 1.807) is 0 Å². The van der Waals surface area contributed by atoms with Crippen LogP contribution in [-0.2, 0) is 0 Å². The highest BCUT2D eigenvalue weighted by atomic mass is 15.0. The van der Waals surface area contributed by atoms with E-state index in [9.17, 15) is 0 Å². The lowest BCUT2D eigenvalue weighted by Crippen LogP contribution is -2.20. The zero-order valence-electron chi connectivity index (χ0n) is 14.0. The molecule has 0 bridgehead atoms. The highest BCUT2D eigenvalue weighted by Crippen LogP contribution is 2.38. The molecule has 0 fully saturated rings. The van der Waals surface area contributed by atoms with Gasteiger partial charge in [0.1, 0.15) is 0 Å². The maximum Gasteiger partial charge on any atom is 0.0525 e. The van der Waals surface area contributed by atoms with Gasteiger partial charge in [0, 0.05) is 41.6 Å². The van der Waals surface area contributed by atoms with Crippen LogP contribution in [-0.4, -0.2) is 14.5 Å². The molecule has 3 heteroatoms. The van der Waals surface area contributed by atoms with Crippen molar-refractivity contribution in [2.75, 3.05) is 0 Å². The second-order valence-electron chi connectivity index (χ2n) is 6.73. The summed E-state index contributed by atoms with van der Waals surface area (Å²) < 4.78 is 2.47. The Balaban J connectivity index is 2.16. The van der Waals surface area contributed by atoms with Crippen molar-refractivity contribution in [1.82, 2.24) is 14.5 Å². The maximum absolute atomic E-state index is 4.30. The van der Waals surface area contributed by atoms with Crippen LogP contribution < -0.4 is 0 Å². The number of fused-ring (bicyclic) bond motifs is 3. The lowest BCUT2D eigenvalue weighted by atomic mass is 9.79. The molecule has 0 saturated heterocycles. The fourth-order valence-corrected chi connectivity index (χ4v) is 3.56. The summed E-state index contributed by atoms with van der Waals surface area (Å²) in [5.74, 6) is 0. The van der Waals surface area contributed by atoms with Crippen LogP contribution >= 0.6 is 0 Å². The topological polar surface area (TPSA) is 30.7 Å². The molecular formula is C19H25N3. The van der Waals surface area contributed by atoms with Crippen molar-refractivity contribution in [2.24, 2.45) is 5.41 Å². The van der Waals surface area contributed by atoms with Gasteiger partial charge in [-0.2, -0.15) is 0 Å². The number of pyridine rings is 2. The van der Waals surface area contributed by atoms with Gasteiger partial charge in [0.15, 0.2) is 0 Å². The van der Waals surface area contributed by atoms with Crippen molar-refractivity contribution in [2.45, 2.75) is 53.0 Å². The van der Waals surface area contributed by atoms with E-state index in [-0.39, 0.29) is 0 Å². The molecule has 22 heavy (non-hydrogen) atoms. The van der Waals surface area contributed by atoms with Gasteiger partial charge in [0.2, 0.25) is 0 Å². The molecule has 0 saturated carbocycles. The average Bonchev–Trinajstić information content (AvgIpc) is 2.89. The van der Waals surface area contributed by atoms with Gasteiger partial charge >= 0.3 is 0 Å². The Hall–Kier alpha value is -1.90. The first-order chi connectivity index (χ1) is 10.6. The third-order valence-electron chi connectivity index (χ3n) is 5.34. The van der Waals surface area contributed by atoms with Crippen LogP contribution in [0.25, 0.3) is 21.8 Å². The average molecular weight is 295 g/mol. The molecule has 0 N–H and O–H groups in total. The molecule has 0 amide bonds. The third kappa shape index (κ3) is 2.39. The lowest BCUT2D eigenvalue weighted by molar-refractivity contribution is 0.233. The molecule has 1 atom stereocenters. The second kappa shape index (κ2) is 5.71. The highest BCUT2D eigenvalue weighted by molar-refractivity contribution is 6.07. The summed E-state index contributed by atoms with van der Waals surface area (Å²) in [6.07, 6.45) is 11.3. The summed E-state index contributed by atoms with van der Waals surface area (Å²) in [5.41, 5.74) is 2.92. The van der Waals surface area contributed by atoms with Gasteiger partial charge in [0.25, 0.3) is 0 Å². The molecule has 0 aromatic carbocycles. The molecule has 116 valence electrons. The molecule has 3 aromatic heterocycles. The Morgan fingerprint density at radius 3 is 1.95 bits per heavy atom. The van der Waals surface area contributed by atoms with Crippen molar-refractivity contribution in [3.63, 3.8) is 0 Å². The molecule has 0 spiro atoms. The van der Waals surface area contributed by atoms with Crippen molar-refractivity contribution in [1.29, 1.82) is 0 Å². The molecule has 3 rings (SSSR count). The number of hydrogen-bond donors (Lipinski definition) is 0. The summed E-state index contributed by atoms with van der Waals surface area (Å²) in [7, 11) is 0. The van der Waals surface area contributed by atoms with Crippen molar-refractivity contribution in [3.05, 3.63) is 36.9 Å². The first kappa shape index (κ1) is 15.0. The van der Waals surface area contributed by atoms with Crippen molar-refractivity contribution < 1.29 is 0 Å². The van der Waals surface area contributed by atoms with Crippen LogP contribution in [0.2, 0.25) is 0 Å². The zero-order valence-corrected chi connectivity index (χ0v) is 14.0. The summed E-state index contributed by atoms with van der Waals surface area (Å²) in [5, 5.41) is 2.40. The van der Waals surface area contributed by atoms with Gasteiger partial charge in [-0.1, -0.05) is 33.6 Å². The molecule has 3 aromatic rings. The van der Waals surface area contributed by atoms with E-state index in [0.717, 1.165) is 0 Å². The normalized spacial score (nSPS) is 13.8. The number of hydrogen-bond acceptors (Lipinski definition) is 2. The minimum atomic E-state index is 0.391. The second-order valence-corrected chi connectivity index (χ2v) is 6.73.